The highest BCUT2D eigenvalue weighted by Crippen LogP contribution is 2.34. The summed E-state index contributed by atoms with van der Waals surface area (Å²) < 4.78 is 68.0. The van der Waals surface area contributed by atoms with E-state index in [4.69, 9.17) is 9.47 Å². The lowest BCUT2D eigenvalue weighted by Crippen LogP contribution is -2.59. The molecule has 15 heteroatoms. The van der Waals surface area contributed by atoms with Crippen LogP contribution in [0, 0.1) is 0 Å². The van der Waals surface area contributed by atoms with E-state index in [0.717, 1.165) is 11.3 Å². The van der Waals surface area contributed by atoms with E-state index >= 15 is 0 Å². The molecule has 0 spiro atoms. The Morgan fingerprint density at radius 1 is 1.33 bits per heavy atom. The predicted molar refractivity (Wildman–Crippen MR) is 130 cm³/mol. The number of hydrogen-bond acceptors (Lipinski definition) is 10. The van der Waals surface area contributed by atoms with E-state index in [2.05, 4.69) is 30.1 Å². The molecule has 2 N–H and O–H groups in total. The summed E-state index contributed by atoms with van der Waals surface area (Å²) in [6.45, 7) is 6.02. The second-order valence-corrected chi connectivity index (χ2v) is 12.1. The molecular formula is C21H27F2N7O4S2. The van der Waals surface area contributed by atoms with E-state index < -0.39 is 27.0 Å². The summed E-state index contributed by atoms with van der Waals surface area (Å²) in [6, 6.07) is 3.23. The van der Waals surface area contributed by atoms with Crippen LogP contribution in [0.4, 0.5) is 14.5 Å². The van der Waals surface area contributed by atoms with Crippen molar-refractivity contribution < 1.29 is 26.7 Å². The molecule has 196 valence electrons. The second kappa shape index (κ2) is 9.54. The highest BCUT2D eigenvalue weighted by Gasteiger charge is 2.38. The van der Waals surface area contributed by atoms with E-state index in [1.54, 1.807) is 20.1 Å². The number of piperazine rings is 1. The third-order valence-corrected chi connectivity index (χ3v) is 8.67. The van der Waals surface area contributed by atoms with Gasteiger partial charge in [0.2, 0.25) is 15.2 Å². The smallest absolute Gasteiger partial charge is 0.291 e. The van der Waals surface area contributed by atoms with Crippen LogP contribution in [0.1, 0.15) is 25.3 Å². The zero-order valence-electron chi connectivity index (χ0n) is 19.9. The second-order valence-electron chi connectivity index (χ2n) is 9.43. The van der Waals surface area contributed by atoms with E-state index in [-0.39, 0.29) is 35.3 Å². The standard InChI is InChI=1S/C21H27F2N7O4S2/c1-12-6-29(7-13(25-12)8-33-3)15-4-14(36(31,32)28-21(2)9-34-10-21)5-16-17(15)24-11-30(16)20-27-26-19(35-20)18(22)23/h4-5,11-13,18,25,28H,6-10H2,1-3H3/t12-,13+/m1/s1. The fourth-order valence-corrected chi connectivity index (χ4v) is 6.66. The van der Waals surface area contributed by atoms with Gasteiger partial charge in [0.1, 0.15) is 11.8 Å². The average Bonchev–Trinajstić information content (AvgIpc) is 3.44. The lowest BCUT2D eigenvalue weighted by Gasteiger charge is -2.39. The minimum absolute atomic E-state index is 0.0251. The molecule has 5 rings (SSSR count). The van der Waals surface area contributed by atoms with Gasteiger partial charge in [-0.1, -0.05) is 11.3 Å². The van der Waals surface area contributed by atoms with Crippen LogP contribution in [-0.4, -0.2) is 85.8 Å². The van der Waals surface area contributed by atoms with Gasteiger partial charge in [-0.15, -0.1) is 10.2 Å². The monoisotopic (exact) mass is 543 g/mol. The number of hydrogen-bond donors (Lipinski definition) is 2. The van der Waals surface area contributed by atoms with Gasteiger partial charge in [-0.3, -0.25) is 4.57 Å². The zero-order valence-corrected chi connectivity index (χ0v) is 21.6. The zero-order chi connectivity index (χ0) is 25.7. The van der Waals surface area contributed by atoms with Gasteiger partial charge in [0.25, 0.3) is 6.43 Å². The van der Waals surface area contributed by atoms with Crippen LogP contribution in [0.5, 0.6) is 0 Å². The number of sulfonamides is 1. The molecule has 0 bridgehead atoms. The van der Waals surface area contributed by atoms with Crippen molar-refractivity contribution in [3.05, 3.63) is 23.5 Å². The number of nitrogens with one attached hydrogen (secondary N) is 2. The molecule has 2 aromatic heterocycles. The molecule has 2 fully saturated rings. The quantitative estimate of drug-likeness (QED) is 0.437. The Balaban J connectivity index is 1.63. The number of alkyl halides is 2. The summed E-state index contributed by atoms with van der Waals surface area (Å²) >= 11 is 0.727. The van der Waals surface area contributed by atoms with E-state index in [0.29, 0.717) is 36.4 Å². The van der Waals surface area contributed by atoms with E-state index in [9.17, 15) is 17.2 Å². The van der Waals surface area contributed by atoms with Crippen molar-refractivity contribution in [3.63, 3.8) is 0 Å². The van der Waals surface area contributed by atoms with E-state index in [1.807, 2.05) is 6.92 Å². The summed E-state index contributed by atoms with van der Waals surface area (Å²) in [7, 11) is -2.32. The number of benzene rings is 1. The summed E-state index contributed by atoms with van der Waals surface area (Å²) in [6.07, 6.45) is -1.31. The first kappa shape index (κ1) is 25.4. The highest BCUT2D eigenvalue weighted by molar-refractivity contribution is 7.89. The summed E-state index contributed by atoms with van der Waals surface area (Å²) in [5.74, 6) is 0. The molecule has 0 radical (unpaired) electrons. The number of fused-ring (bicyclic) bond motifs is 1. The lowest BCUT2D eigenvalue weighted by molar-refractivity contribution is -0.0523. The normalized spacial score (nSPS) is 22.3. The van der Waals surface area contributed by atoms with Crippen LogP contribution >= 0.6 is 11.3 Å². The van der Waals surface area contributed by atoms with Crippen molar-refractivity contribution >= 4 is 38.1 Å². The number of methoxy groups -OCH3 is 1. The number of nitrogens with zero attached hydrogens (tertiary/aromatic N) is 5. The van der Waals surface area contributed by atoms with Crippen molar-refractivity contribution in [2.24, 2.45) is 0 Å². The Kier molecular flexibility index (Phi) is 6.72. The molecule has 2 saturated heterocycles. The van der Waals surface area contributed by atoms with Gasteiger partial charge in [-0.25, -0.2) is 26.9 Å². The van der Waals surface area contributed by atoms with Crippen molar-refractivity contribution in [2.75, 3.05) is 44.9 Å². The molecule has 4 heterocycles. The largest absolute Gasteiger partial charge is 0.383 e. The molecule has 2 aliphatic heterocycles. The summed E-state index contributed by atoms with van der Waals surface area (Å²) in [5, 5.41) is 10.7. The lowest BCUT2D eigenvalue weighted by atomic mass is 10.0. The number of anilines is 1. The molecule has 0 unspecified atom stereocenters. The maximum Gasteiger partial charge on any atom is 0.291 e. The van der Waals surface area contributed by atoms with Gasteiger partial charge in [0.15, 0.2) is 5.01 Å². The maximum atomic E-state index is 13.4. The number of rotatable bonds is 8. The molecule has 0 saturated carbocycles. The maximum absolute atomic E-state index is 13.4. The molecule has 11 nitrogen and oxygen atoms in total. The highest BCUT2D eigenvalue weighted by atomic mass is 32.2. The average molecular weight is 544 g/mol. The Morgan fingerprint density at radius 3 is 2.75 bits per heavy atom. The third kappa shape index (κ3) is 4.82. The Hall–Kier alpha value is -2.30. The SMILES string of the molecule is COC[C@@H]1CN(c2cc(S(=O)(=O)NC3(C)COC3)cc3c2ncn3-c2nnc(C(F)F)s2)C[C@@H](C)N1. The van der Waals surface area contributed by atoms with Crippen LogP contribution in [0.2, 0.25) is 0 Å². The van der Waals surface area contributed by atoms with Crippen LogP contribution in [0.3, 0.4) is 0 Å². The first-order valence-electron chi connectivity index (χ1n) is 11.3. The minimum Gasteiger partial charge on any atom is -0.383 e. The number of halogens is 2. The molecule has 2 atom stereocenters. The van der Waals surface area contributed by atoms with Crippen LogP contribution in [-0.2, 0) is 19.5 Å². The first-order valence-corrected chi connectivity index (χ1v) is 13.6. The van der Waals surface area contributed by atoms with Crippen LogP contribution in [0.15, 0.2) is 23.4 Å². The molecule has 2 aliphatic rings. The van der Waals surface area contributed by atoms with Crippen molar-refractivity contribution in [1.29, 1.82) is 0 Å². The number of imidazole rings is 1. The van der Waals surface area contributed by atoms with Crippen molar-refractivity contribution in [1.82, 2.24) is 29.8 Å². The Bertz CT molecular complexity index is 1360. The summed E-state index contributed by atoms with van der Waals surface area (Å²) in [4.78, 5) is 6.64. The number of ether oxygens (including phenoxy) is 2. The van der Waals surface area contributed by atoms with Crippen molar-refractivity contribution in [3.8, 4) is 5.13 Å². The van der Waals surface area contributed by atoms with Crippen LogP contribution < -0.4 is 14.9 Å². The van der Waals surface area contributed by atoms with Gasteiger partial charge in [-0.2, -0.15) is 0 Å². The molecular weight excluding hydrogens is 516 g/mol. The number of aromatic nitrogens is 4. The van der Waals surface area contributed by atoms with Gasteiger partial charge in [0.05, 0.1) is 41.5 Å². The molecule has 1 aromatic carbocycles. The first-order chi connectivity index (χ1) is 17.1. The summed E-state index contributed by atoms with van der Waals surface area (Å²) in [5.41, 5.74) is 0.877. The van der Waals surface area contributed by atoms with E-state index in [1.165, 1.54) is 17.0 Å². The molecule has 0 amide bonds. The fourth-order valence-electron chi connectivity index (χ4n) is 4.56. The molecule has 3 aromatic rings. The topological polar surface area (TPSA) is 124 Å². The van der Waals surface area contributed by atoms with Gasteiger partial charge in [0, 0.05) is 32.3 Å². The predicted octanol–water partition coefficient (Wildman–Crippen LogP) is 1.69. The van der Waals surface area contributed by atoms with Gasteiger partial charge >= 0.3 is 0 Å². The van der Waals surface area contributed by atoms with Gasteiger partial charge in [-0.05, 0) is 26.0 Å². The minimum atomic E-state index is -3.94. The molecule has 36 heavy (non-hydrogen) atoms. The van der Waals surface area contributed by atoms with Crippen LogP contribution in [0.25, 0.3) is 16.2 Å². The van der Waals surface area contributed by atoms with Gasteiger partial charge < -0.3 is 19.7 Å². The fraction of sp³-hybridized carbons (Fsp3) is 0.571. The van der Waals surface area contributed by atoms with Crippen molar-refractivity contribution in [2.45, 2.75) is 42.8 Å². The Labute approximate surface area is 210 Å². The Morgan fingerprint density at radius 2 is 2.11 bits per heavy atom. The third-order valence-electron chi connectivity index (χ3n) is 6.12. The molecule has 0 aliphatic carbocycles.